The van der Waals surface area contributed by atoms with Crippen LogP contribution in [-0.4, -0.2) is 0 Å². The highest BCUT2D eigenvalue weighted by Gasteiger charge is 2.12. The summed E-state index contributed by atoms with van der Waals surface area (Å²) in [5.41, 5.74) is 11.6. The van der Waals surface area contributed by atoms with Gasteiger partial charge in [-0.25, -0.2) is 0 Å². The molecule has 2 rings (SSSR count). The van der Waals surface area contributed by atoms with Gasteiger partial charge >= 0.3 is 0 Å². The zero-order chi connectivity index (χ0) is 12.4. The van der Waals surface area contributed by atoms with E-state index in [1.54, 1.807) is 11.3 Å². The van der Waals surface area contributed by atoms with Gasteiger partial charge in [-0.1, -0.05) is 23.8 Å². The Balaban J connectivity index is 2.21. The maximum Gasteiger partial charge on any atom is 0.0433 e. The van der Waals surface area contributed by atoms with E-state index in [1.807, 2.05) is 0 Å². The van der Waals surface area contributed by atoms with Gasteiger partial charge < -0.3 is 5.73 Å². The lowest BCUT2D eigenvalue weighted by molar-refractivity contribution is 0.728. The summed E-state index contributed by atoms with van der Waals surface area (Å²) in [7, 11) is 0. The Morgan fingerprint density at radius 1 is 1.12 bits per heavy atom. The van der Waals surface area contributed by atoms with Crippen molar-refractivity contribution in [1.29, 1.82) is 0 Å². The average molecular weight is 245 g/mol. The van der Waals surface area contributed by atoms with Crippen LogP contribution in [0.4, 0.5) is 0 Å². The van der Waals surface area contributed by atoms with Gasteiger partial charge in [-0.15, -0.1) is 11.3 Å². The molecular formula is C15H19NS. The highest BCUT2D eigenvalue weighted by molar-refractivity contribution is 7.10. The number of nitrogens with two attached hydrogens (primary N) is 1. The van der Waals surface area contributed by atoms with Crippen LogP contribution in [0.1, 0.15) is 33.2 Å². The zero-order valence-electron chi connectivity index (χ0n) is 10.7. The lowest BCUT2D eigenvalue weighted by Gasteiger charge is -2.14. The minimum atomic E-state index is 0.121. The molecule has 1 unspecified atom stereocenters. The summed E-state index contributed by atoms with van der Waals surface area (Å²) >= 11 is 1.76. The summed E-state index contributed by atoms with van der Waals surface area (Å²) in [6.07, 6.45) is 0.925. The zero-order valence-corrected chi connectivity index (χ0v) is 11.5. The predicted octanol–water partition coefficient (Wildman–Crippen LogP) is 3.92. The summed E-state index contributed by atoms with van der Waals surface area (Å²) in [6, 6.07) is 8.84. The first-order valence-corrected chi connectivity index (χ1v) is 6.81. The molecule has 1 aromatic carbocycles. The maximum atomic E-state index is 6.30. The Kier molecular flexibility index (Phi) is 3.65. The van der Waals surface area contributed by atoms with E-state index in [4.69, 9.17) is 5.73 Å². The number of benzene rings is 1. The molecule has 17 heavy (non-hydrogen) atoms. The van der Waals surface area contributed by atoms with E-state index in [0.29, 0.717) is 0 Å². The molecule has 1 heterocycles. The van der Waals surface area contributed by atoms with E-state index in [0.717, 1.165) is 6.42 Å². The van der Waals surface area contributed by atoms with Gasteiger partial charge in [-0.2, -0.15) is 0 Å². The van der Waals surface area contributed by atoms with Gasteiger partial charge in [-0.3, -0.25) is 0 Å². The third kappa shape index (κ3) is 2.76. The fourth-order valence-corrected chi connectivity index (χ4v) is 3.04. The summed E-state index contributed by atoms with van der Waals surface area (Å²) in [4.78, 5) is 1.31. The molecule has 1 atom stereocenters. The summed E-state index contributed by atoms with van der Waals surface area (Å²) in [6.45, 7) is 6.42. The van der Waals surface area contributed by atoms with Crippen LogP contribution in [0, 0.1) is 20.8 Å². The van der Waals surface area contributed by atoms with Crippen molar-refractivity contribution < 1.29 is 0 Å². The molecule has 0 fully saturated rings. The van der Waals surface area contributed by atoms with Crippen molar-refractivity contribution in [2.75, 3.05) is 0 Å². The van der Waals surface area contributed by atoms with Crippen molar-refractivity contribution >= 4 is 11.3 Å². The first-order valence-electron chi connectivity index (χ1n) is 5.93. The van der Waals surface area contributed by atoms with Crippen molar-refractivity contribution in [3.63, 3.8) is 0 Å². The molecule has 0 amide bonds. The normalized spacial score (nSPS) is 12.7. The standard InChI is InChI=1S/C15H19NS/c1-10-4-5-11(2)13(8-10)9-14(16)15-12(3)6-7-17-15/h4-8,14H,9,16H2,1-3H3. The van der Waals surface area contributed by atoms with Crippen LogP contribution in [0.2, 0.25) is 0 Å². The molecule has 2 heteroatoms. The molecule has 1 aromatic heterocycles. The van der Waals surface area contributed by atoms with Gasteiger partial charge in [0, 0.05) is 10.9 Å². The van der Waals surface area contributed by atoms with Gasteiger partial charge in [-0.05, 0) is 55.3 Å². The van der Waals surface area contributed by atoms with E-state index in [2.05, 4.69) is 50.4 Å². The molecule has 0 radical (unpaired) electrons. The van der Waals surface area contributed by atoms with Crippen molar-refractivity contribution in [1.82, 2.24) is 0 Å². The van der Waals surface area contributed by atoms with E-state index in [1.165, 1.54) is 27.1 Å². The van der Waals surface area contributed by atoms with E-state index < -0.39 is 0 Å². The SMILES string of the molecule is Cc1ccc(C)c(CC(N)c2sccc2C)c1. The molecule has 0 spiro atoms. The van der Waals surface area contributed by atoms with Crippen molar-refractivity contribution in [2.45, 2.75) is 33.2 Å². The van der Waals surface area contributed by atoms with Crippen LogP contribution >= 0.6 is 11.3 Å². The number of hydrogen-bond acceptors (Lipinski definition) is 2. The van der Waals surface area contributed by atoms with Crippen LogP contribution in [-0.2, 0) is 6.42 Å². The molecule has 0 aliphatic heterocycles. The Morgan fingerprint density at radius 3 is 2.53 bits per heavy atom. The molecule has 1 nitrogen and oxygen atoms in total. The maximum absolute atomic E-state index is 6.30. The van der Waals surface area contributed by atoms with Crippen molar-refractivity contribution in [3.8, 4) is 0 Å². The Morgan fingerprint density at radius 2 is 1.88 bits per heavy atom. The third-order valence-corrected chi connectivity index (χ3v) is 4.33. The van der Waals surface area contributed by atoms with Gasteiger partial charge in [0.15, 0.2) is 0 Å². The van der Waals surface area contributed by atoms with Crippen molar-refractivity contribution in [2.24, 2.45) is 5.73 Å². The van der Waals surface area contributed by atoms with Crippen LogP contribution in [0.3, 0.4) is 0 Å². The van der Waals surface area contributed by atoms with Crippen molar-refractivity contribution in [3.05, 3.63) is 56.8 Å². The number of rotatable bonds is 3. The minimum Gasteiger partial charge on any atom is -0.323 e. The number of thiophene rings is 1. The highest BCUT2D eigenvalue weighted by atomic mass is 32.1. The molecular weight excluding hydrogens is 226 g/mol. The molecule has 0 aliphatic carbocycles. The third-order valence-electron chi connectivity index (χ3n) is 3.18. The highest BCUT2D eigenvalue weighted by Crippen LogP contribution is 2.26. The minimum absolute atomic E-state index is 0.121. The van der Waals surface area contributed by atoms with Crippen LogP contribution < -0.4 is 5.73 Å². The van der Waals surface area contributed by atoms with E-state index >= 15 is 0 Å². The van der Waals surface area contributed by atoms with Gasteiger partial charge in [0.05, 0.1) is 0 Å². The molecule has 0 saturated carbocycles. The van der Waals surface area contributed by atoms with Gasteiger partial charge in [0.1, 0.15) is 0 Å². The molecule has 0 aliphatic rings. The smallest absolute Gasteiger partial charge is 0.0433 e. The fraction of sp³-hybridized carbons (Fsp3) is 0.333. The van der Waals surface area contributed by atoms with Gasteiger partial charge in [0.2, 0.25) is 0 Å². The first-order chi connectivity index (χ1) is 8.08. The molecule has 0 bridgehead atoms. The van der Waals surface area contributed by atoms with E-state index in [-0.39, 0.29) is 6.04 Å². The summed E-state index contributed by atoms with van der Waals surface area (Å²) in [5.74, 6) is 0. The quantitative estimate of drug-likeness (QED) is 0.871. The number of aryl methyl sites for hydroxylation is 3. The second kappa shape index (κ2) is 5.03. The Bertz CT molecular complexity index is 513. The van der Waals surface area contributed by atoms with Crippen LogP contribution in [0.15, 0.2) is 29.6 Å². The molecule has 90 valence electrons. The van der Waals surface area contributed by atoms with E-state index in [9.17, 15) is 0 Å². The second-order valence-corrected chi connectivity index (χ2v) is 5.66. The predicted molar refractivity (Wildman–Crippen MR) is 75.6 cm³/mol. The molecule has 2 N–H and O–H groups in total. The lowest BCUT2D eigenvalue weighted by Crippen LogP contribution is -2.13. The second-order valence-electron chi connectivity index (χ2n) is 4.71. The summed E-state index contributed by atoms with van der Waals surface area (Å²) < 4.78 is 0. The molecule has 2 aromatic rings. The average Bonchev–Trinajstić information content (AvgIpc) is 2.70. The Hall–Kier alpha value is -1.12. The van der Waals surface area contributed by atoms with Crippen LogP contribution in [0.25, 0.3) is 0 Å². The largest absolute Gasteiger partial charge is 0.323 e. The Labute approximate surface area is 107 Å². The molecule has 0 saturated heterocycles. The monoisotopic (exact) mass is 245 g/mol. The van der Waals surface area contributed by atoms with Gasteiger partial charge in [0.25, 0.3) is 0 Å². The topological polar surface area (TPSA) is 26.0 Å². The van der Waals surface area contributed by atoms with Crippen LogP contribution in [0.5, 0.6) is 0 Å². The fourth-order valence-electron chi connectivity index (χ4n) is 2.11. The number of hydrogen-bond donors (Lipinski definition) is 1. The lowest BCUT2D eigenvalue weighted by atomic mass is 9.98. The summed E-state index contributed by atoms with van der Waals surface area (Å²) in [5, 5.41) is 2.12. The first kappa shape index (κ1) is 12.3.